The Balaban J connectivity index is 1.69. The number of hydrogen-bond acceptors (Lipinski definition) is 3. The van der Waals surface area contributed by atoms with Crippen LogP contribution in [0.1, 0.15) is 15.9 Å². The zero-order valence-corrected chi connectivity index (χ0v) is 13.4. The van der Waals surface area contributed by atoms with Crippen LogP contribution in [0.15, 0.2) is 60.8 Å². The van der Waals surface area contributed by atoms with Gasteiger partial charge in [-0.2, -0.15) is 0 Å². The number of halogens is 2. The normalized spacial score (nSPS) is 10.4. The number of anilines is 3. The van der Waals surface area contributed by atoms with Crippen molar-refractivity contribution in [2.24, 2.45) is 0 Å². The molecule has 25 heavy (non-hydrogen) atoms. The molecule has 0 aliphatic heterocycles. The van der Waals surface area contributed by atoms with Crippen LogP contribution in [0.4, 0.5) is 26.0 Å². The zero-order chi connectivity index (χ0) is 17.8. The minimum atomic E-state index is -1.07. The van der Waals surface area contributed by atoms with Gasteiger partial charge in [0.05, 0.1) is 11.9 Å². The molecule has 0 atom stereocenters. The Kier molecular flexibility index (Phi) is 4.70. The van der Waals surface area contributed by atoms with E-state index in [0.717, 1.165) is 23.4 Å². The van der Waals surface area contributed by atoms with Crippen LogP contribution >= 0.6 is 0 Å². The molecule has 4 nitrogen and oxygen atoms in total. The first-order valence-corrected chi connectivity index (χ1v) is 7.58. The van der Waals surface area contributed by atoms with Gasteiger partial charge in [0, 0.05) is 11.3 Å². The van der Waals surface area contributed by atoms with Crippen molar-refractivity contribution >= 4 is 23.1 Å². The Bertz CT molecular complexity index is 911. The van der Waals surface area contributed by atoms with E-state index in [1.165, 1.54) is 12.3 Å². The van der Waals surface area contributed by atoms with Crippen LogP contribution in [0.2, 0.25) is 0 Å². The Morgan fingerprint density at radius 3 is 2.48 bits per heavy atom. The van der Waals surface area contributed by atoms with E-state index in [-0.39, 0.29) is 5.56 Å². The lowest BCUT2D eigenvalue weighted by Gasteiger charge is -2.10. The third-order valence-corrected chi connectivity index (χ3v) is 3.61. The van der Waals surface area contributed by atoms with Gasteiger partial charge in [-0.15, -0.1) is 0 Å². The van der Waals surface area contributed by atoms with Crippen LogP contribution in [0.5, 0.6) is 0 Å². The van der Waals surface area contributed by atoms with E-state index in [0.29, 0.717) is 11.5 Å². The number of aromatic nitrogens is 1. The second kappa shape index (κ2) is 7.09. The van der Waals surface area contributed by atoms with E-state index in [9.17, 15) is 13.6 Å². The van der Waals surface area contributed by atoms with Crippen molar-refractivity contribution in [2.45, 2.75) is 6.92 Å². The summed E-state index contributed by atoms with van der Waals surface area (Å²) in [5.41, 5.74) is 2.50. The van der Waals surface area contributed by atoms with Crippen LogP contribution in [-0.4, -0.2) is 10.9 Å². The van der Waals surface area contributed by atoms with Crippen LogP contribution in [0, 0.1) is 18.6 Å². The maximum atomic E-state index is 13.2. The van der Waals surface area contributed by atoms with Gasteiger partial charge in [-0.1, -0.05) is 18.2 Å². The number of rotatable bonds is 4. The molecule has 0 radical (unpaired) electrons. The molecule has 3 aromatic rings. The first kappa shape index (κ1) is 16.6. The summed E-state index contributed by atoms with van der Waals surface area (Å²) < 4.78 is 26.1. The second-order valence-electron chi connectivity index (χ2n) is 5.46. The number of benzene rings is 2. The molecule has 3 rings (SSSR count). The highest BCUT2D eigenvalue weighted by Crippen LogP contribution is 2.20. The lowest BCUT2D eigenvalue weighted by atomic mass is 10.2. The lowest BCUT2D eigenvalue weighted by molar-refractivity contribution is 0.102. The molecule has 1 aromatic heterocycles. The van der Waals surface area contributed by atoms with Crippen molar-refractivity contribution in [3.05, 3.63) is 83.6 Å². The summed E-state index contributed by atoms with van der Waals surface area (Å²) in [5, 5.41) is 5.77. The minimum Gasteiger partial charge on any atom is -0.340 e. The molecule has 6 heteroatoms. The van der Waals surface area contributed by atoms with Crippen molar-refractivity contribution in [2.75, 3.05) is 10.6 Å². The topological polar surface area (TPSA) is 54.0 Å². The van der Waals surface area contributed by atoms with Crippen molar-refractivity contribution in [1.82, 2.24) is 4.98 Å². The van der Waals surface area contributed by atoms with Crippen LogP contribution in [-0.2, 0) is 0 Å². The van der Waals surface area contributed by atoms with E-state index in [1.807, 2.05) is 31.2 Å². The van der Waals surface area contributed by atoms with E-state index < -0.39 is 17.5 Å². The molecular weight excluding hydrogens is 324 g/mol. The number of nitrogens with one attached hydrogen (secondary N) is 2. The first-order chi connectivity index (χ1) is 12.0. The molecule has 0 aliphatic carbocycles. The van der Waals surface area contributed by atoms with Crippen molar-refractivity contribution in [3.63, 3.8) is 0 Å². The van der Waals surface area contributed by atoms with Crippen molar-refractivity contribution < 1.29 is 13.6 Å². The molecule has 0 spiro atoms. The van der Waals surface area contributed by atoms with Crippen molar-refractivity contribution in [3.8, 4) is 0 Å². The van der Waals surface area contributed by atoms with Gasteiger partial charge < -0.3 is 10.6 Å². The fraction of sp³-hybridized carbons (Fsp3) is 0.0526. The Morgan fingerprint density at radius 2 is 1.80 bits per heavy atom. The predicted molar refractivity (Wildman–Crippen MR) is 93.0 cm³/mol. The highest BCUT2D eigenvalue weighted by atomic mass is 19.2. The summed E-state index contributed by atoms with van der Waals surface area (Å²) >= 11 is 0. The van der Waals surface area contributed by atoms with Gasteiger partial charge in [0.15, 0.2) is 11.6 Å². The summed E-state index contributed by atoms with van der Waals surface area (Å²) in [7, 11) is 0. The molecule has 0 unspecified atom stereocenters. The highest BCUT2D eigenvalue weighted by Gasteiger charge is 2.10. The number of amides is 1. The average molecular weight is 339 g/mol. The maximum absolute atomic E-state index is 13.2. The first-order valence-electron chi connectivity index (χ1n) is 7.58. The monoisotopic (exact) mass is 339 g/mol. The van der Waals surface area contributed by atoms with Gasteiger partial charge in [0.1, 0.15) is 5.82 Å². The maximum Gasteiger partial charge on any atom is 0.255 e. The largest absolute Gasteiger partial charge is 0.340 e. The quantitative estimate of drug-likeness (QED) is 0.727. The van der Waals surface area contributed by atoms with Crippen LogP contribution < -0.4 is 10.6 Å². The molecule has 2 N–H and O–H groups in total. The van der Waals surface area contributed by atoms with Gasteiger partial charge >= 0.3 is 0 Å². The molecule has 0 bridgehead atoms. The fourth-order valence-corrected chi connectivity index (χ4v) is 2.23. The number of carbonyl (C=O) groups is 1. The van der Waals surface area contributed by atoms with Crippen molar-refractivity contribution in [1.29, 1.82) is 0 Å². The number of carbonyl (C=O) groups excluding carboxylic acids is 1. The van der Waals surface area contributed by atoms with Gasteiger partial charge in [0.2, 0.25) is 0 Å². The van der Waals surface area contributed by atoms with Crippen LogP contribution in [0.3, 0.4) is 0 Å². The third-order valence-electron chi connectivity index (χ3n) is 3.61. The average Bonchev–Trinajstić information content (AvgIpc) is 2.61. The second-order valence-corrected chi connectivity index (χ2v) is 5.46. The highest BCUT2D eigenvalue weighted by molar-refractivity contribution is 6.04. The molecule has 0 saturated heterocycles. The summed E-state index contributed by atoms with van der Waals surface area (Å²) in [6, 6.07) is 14.2. The molecule has 0 fully saturated rings. The van der Waals surface area contributed by atoms with E-state index in [1.54, 1.807) is 12.1 Å². The minimum absolute atomic E-state index is 0.0287. The van der Waals surface area contributed by atoms with Gasteiger partial charge in [-0.3, -0.25) is 4.79 Å². The lowest BCUT2D eigenvalue weighted by Crippen LogP contribution is -2.12. The van der Waals surface area contributed by atoms with Crippen LogP contribution in [0.25, 0.3) is 0 Å². The Hall–Kier alpha value is -3.28. The number of para-hydroxylation sites is 1. The molecule has 0 aliphatic rings. The number of nitrogens with zero attached hydrogens (tertiary/aromatic N) is 1. The number of pyridine rings is 1. The molecule has 126 valence electrons. The SMILES string of the molecule is Cc1ccccc1Nc1ccc(NC(=O)c2ccc(F)c(F)c2)cn1. The summed E-state index contributed by atoms with van der Waals surface area (Å²) in [6.07, 6.45) is 1.48. The van der Waals surface area contributed by atoms with Gasteiger partial charge in [0.25, 0.3) is 5.91 Å². The summed E-state index contributed by atoms with van der Waals surface area (Å²) in [6.45, 7) is 1.98. The molecule has 2 aromatic carbocycles. The molecule has 1 amide bonds. The third kappa shape index (κ3) is 3.98. The van der Waals surface area contributed by atoms with E-state index in [4.69, 9.17) is 0 Å². The summed E-state index contributed by atoms with van der Waals surface area (Å²) in [5.74, 6) is -1.98. The number of aryl methyl sites for hydroxylation is 1. The predicted octanol–water partition coefficient (Wildman–Crippen LogP) is 4.66. The number of hydrogen-bond donors (Lipinski definition) is 2. The zero-order valence-electron chi connectivity index (χ0n) is 13.4. The Morgan fingerprint density at radius 1 is 1.00 bits per heavy atom. The summed E-state index contributed by atoms with van der Waals surface area (Å²) in [4.78, 5) is 16.3. The fourth-order valence-electron chi connectivity index (χ4n) is 2.23. The smallest absolute Gasteiger partial charge is 0.255 e. The molecular formula is C19H15F2N3O. The van der Waals surface area contributed by atoms with E-state index >= 15 is 0 Å². The molecule has 0 saturated carbocycles. The van der Waals surface area contributed by atoms with Gasteiger partial charge in [-0.25, -0.2) is 13.8 Å². The van der Waals surface area contributed by atoms with Gasteiger partial charge in [-0.05, 0) is 48.9 Å². The standard InChI is InChI=1S/C19H15F2N3O/c1-12-4-2-3-5-17(12)24-18-9-7-14(11-22-18)23-19(25)13-6-8-15(20)16(21)10-13/h2-11H,1H3,(H,22,24)(H,23,25). The van der Waals surface area contributed by atoms with E-state index in [2.05, 4.69) is 15.6 Å². The Labute approximate surface area is 143 Å². The molecule has 1 heterocycles.